The molecule has 0 heterocycles. The molecule has 1 fully saturated rings. The van der Waals surface area contributed by atoms with Crippen LogP contribution in [0.5, 0.6) is 0 Å². The van der Waals surface area contributed by atoms with Crippen molar-refractivity contribution in [1.29, 1.82) is 0 Å². The number of alkyl halides is 1. The fourth-order valence-electron chi connectivity index (χ4n) is 1.86. The van der Waals surface area contributed by atoms with Crippen molar-refractivity contribution >= 4 is 11.6 Å². The van der Waals surface area contributed by atoms with Crippen LogP contribution in [0.15, 0.2) is 12.2 Å². The van der Waals surface area contributed by atoms with Gasteiger partial charge < -0.3 is 4.74 Å². The number of allylic oxidation sites excluding steroid dienone is 1. The van der Waals surface area contributed by atoms with Gasteiger partial charge in [-0.05, 0) is 31.1 Å². The second-order valence-corrected chi connectivity index (χ2v) is 5.13. The molecule has 0 bridgehead atoms. The van der Waals surface area contributed by atoms with E-state index in [1.54, 1.807) is 0 Å². The van der Waals surface area contributed by atoms with Crippen molar-refractivity contribution < 1.29 is 4.74 Å². The molecule has 1 rings (SSSR count). The summed E-state index contributed by atoms with van der Waals surface area (Å²) in [6, 6.07) is 0. The topological polar surface area (TPSA) is 9.23 Å². The summed E-state index contributed by atoms with van der Waals surface area (Å²) in [6.07, 6.45) is 9.42. The minimum Gasteiger partial charge on any atom is -0.374 e. The van der Waals surface area contributed by atoms with E-state index in [2.05, 4.69) is 13.8 Å². The molecule has 1 saturated carbocycles. The van der Waals surface area contributed by atoms with Gasteiger partial charge in [0.2, 0.25) is 0 Å². The lowest BCUT2D eigenvalue weighted by Gasteiger charge is -2.33. The Morgan fingerprint density at radius 1 is 1.29 bits per heavy atom. The van der Waals surface area contributed by atoms with Crippen LogP contribution in [-0.2, 0) is 4.74 Å². The van der Waals surface area contributed by atoms with E-state index in [9.17, 15) is 0 Å². The smallest absolute Gasteiger partial charge is 0.0651 e. The molecular formula is C12H21ClO. The molecule has 14 heavy (non-hydrogen) atoms. The zero-order chi connectivity index (χ0) is 10.4. The van der Waals surface area contributed by atoms with Crippen LogP contribution in [0.4, 0.5) is 0 Å². The Hall–Kier alpha value is -0.0100. The predicted molar refractivity (Wildman–Crippen MR) is 61.8 cm³/mol. The fraction of sp³-hybridized carbons (Fsp3) is 0.833. The van der Waals surface area contributed by atoms with E-state index in [1.165, 1.54) is 25.7 Å². The van der Waals surface area contributed by atoms with Crippen LogP contribution in [0.3, 0.4) is 0 Å². The van der Waals surface area contributed by atoms with Gasteiger partial charge in [-0.3, -0.25) is 0 Å². The highest BCUT2D eigenvalue weighted by atomic mass is 35.5. The van der Waals surface area contributed by atoms with Gasteiger partial charge in [0.15, 0.2) is 0 Å². The first-order chi connectivity index (χ1) is 6.64. The Bertz CT molecular complexity index is 177. The summed E-state index contributed by atoms with van der Waals surface area (Å²) in [5.74, 6) is 0.584. The average Bonchev–Trinajstić information content (AvgIpc) is 2.15. The second-order valence-electron chi connectivity index (χ2n) is 4.82. The van der Waals surface area contributed by atoms with Crippen LogP contribution in [0.1, 0.15) is 39.5 Å². The Morgan fingerprint density at radius 3 is 2.50 bits per heavy atom. The van der Waals surface area contributed by atoms with Crippen molar-refractivity contribution in [2.45, 2.75) is 45.6 Å². The minimum absolute atomic E-state index is 0.475. The Balaban J connectivity index is 2.13. The van der Waals surface area contributed by atoms with E-state index in [4.69, 9.17) is 16.3 Å². The molecule has 2 heteroatoms. The van der Waals surface area contributed by atoms with E-state index >= 15 is 0 Å². The molecule has 0 radical (unpaired) electrons. The van der Waals surface area contributed by atoms with Gasteiger partial charge in [0, 0.05) is 5.88 Å². The van der Waals surface area contributed by atoms with Crippen LogP contribution in [0.25, 0.3) is 0 Å². The molecule has 0 unspecified atom stereocenters. The molecule has 0 amide bonds. The molecule has 1 aliphatic carbocycles. The lowest BCUT2D eigenvalue weighted by molar-refractivity contribution is 0.0188. The van der Waals surface area contributed by atoms with Gasteiger partial charge in [0.1, 0.15) is 0 Å². The Morgan fingerprint density at radius 2 is 1.93 bits per heavy atom. The molecule has 82 valence electrons. The first kappa shape index (κ1) is 12.1. The van der Waals surface area contributed by atoms with Crippen molar-refractivity contribution in [3.63, 3.8) is 0 Å². The zero-order valence-electron chi connectivity index (χ0n) is 9.26. The third-order valence-electron chi connectivity index (χ3n) is 2.97. The monoisotopic (exact) mass is 216 g/mol. The molecule has 1 aliphatic rings. The first-order valence-electron chi connectivity index (χ1n) is 5.47. The summed E-state index contributed by atoms with van der Waals surface area (Å²) >= 11 is 5.52. The van der Waals surface area contributed by atoms with Gasteiger partial charge in [0.25, 0.3) is 0 Å². The third kappa shape index (κ3) is 4.47. The number of hydrogen-bond acceptors (Lipinski definition) is 1. The van der Waals surface area contributed by atoms with Gasteiger partial charge in [-0.15, -0.1) is 11.6 Å². The molecule has 0 N–H and O–H groups in total. The molecule has 0 aromatic carbocycles. The maximum Gasteiger partial charge on any atom is 0.0651 e. The van der Waals surface area contributed by atoms with Gasteiger partial charge in [-0.1, -0.05) is 26.0 Å². The maximum absolute atomic E-state index is 5.73. The van der Waals surface area contributed by atoms with Crippen molar-refractivity contribution in [2.75, 3.05) is 12.5 Å². The normalized spacial score (nSPS) is 23.1. The number of rotatable bonds is 4. The predicted octanol–water partition coefficient (Wildman–Crippen LogP) is 3.77. The molecule has 0 saturated heterocycles. The summed E-state index contributed by atoms with van der Waals surface area (Å²) in [7, 11) is 0. The van der Waals surface area contributed by atoms with Crippen molar-refractivity contribution in [3.05, 3.63) is 12.2 Å². The van der Waals surface area contributed by atoms with Gasteiger partial charge >= 0.3 is 0 Å². The van der Waals surface area contributed by atoms with Crippen LogP contribution >= 0.6 is 11.6 Å². The minimum atomic E-state index is 0.475. The summed E-state index contributed by atoms with van der Waals surface area (Å²) in [6.45, 7) is 5.41. The second kappa shape index (κ2) is 5.77. The van der Waals surface area contributed by atoms with Gasteiger partial charge in [-0.25, -0.2) is 0 Å². The van der Waals surface area contributed by atoms with Crippen LogP contribution in [-0.4, -0.2) is 18.6 Å². The zero-order valence-corrected chi connectivity index (χ0v) is 10.0. The van der Waals surface area contributed by atoms with Gasteiger partial charge in [0.05, 0.1) is 12.7 Å². The molecule has 0 aliphatic heterocycles. The molecule has 0 aromatic rings. The molecule has 0 spiro atoms. The largest absolute Gasteiger partial charge is 0.374 e. The van der Waals surface area contributed by atoms with E-state index in [-0.39, 0.29) is 0 Å². The van der Waals surface area contributed by atoms with Crippen LogP contribution < -0.4 is 0 Å². The Labute approximate surface area is 92.5 Å². The van der Waals surface area contributed by atoms with E-state index < -0.39 is 0 Å². The lowest BCUT2D eigenvalue weighted by Crippen LogP contribution is -2.26. The Kier molecular flexibility index (Phi) is 4.97. The number of hydrogen-bond donors (Lipinski definition) is 0. The first-order valence-corrected chi connectivity index (χ1v) is 6.00. The molecule has 0 aromatic heterocycles. The average molecular weight is 217 g/mol. The summed E-state index contributed by atoms with van der Waals surface area (Å²) < 4.78 is 5.73. The molecule has 1 nitrogen and oxygen atoms in total. The maximum atomic E-state index is 5.73. The highest BCUT2D eigenvalue weighted by Crippen LogP contribution is 2.35. The summed E-state index contributed by atoms with van der Waals surface area (Å²) in [5.41, 5.74) is 0.534. The quantitative estimate of drug-likeness (QED) is 0.514. The third-order valence-corrected chi connectivity index (χ3v) is 3.15. The molecular weight excluding hydrogens is 196 g/mol. The van der Waals surface area contributed by atoms with Gasteiger partial charge in [-0.2, -0.15) is 0 Å². The molecule has 0 atom stereocenters. The van der Waals surface area contributed by atoms with E-state index in [0.29, 0.717) is 17.4 Å². The number of ether oxygens (including phenoxy) is 1. The standard InChI is InChI=1S/C12H21ClO/c1-12(2)7-5-11(6-8-12)14-10-4-3-9-13/h3-4,11H,5-10H2,1-2H3/b4-3+. The highest BCUT2D eigenvalue weighted by molar-refractivity contribution is 6.18. The van der Waals surface area contributed by atoms with Crippen molar-refractivity contribution in [2.24, 2.45) is 5.41 Å². The van der Waals surface area contributed by atoms with Crippen LogP contribution in [0, 0.1) is 5.41 Å². The van der Waals surface area contributed by atoms with E-state index in [1.807, 2.05) is 12.2 Å². The lowest BCUT2D eigenvalue weighted by atomic mass is 9.76. The number of halogens is 1. The van der Waals surface area contributed by atoms with E-state index in [0.717, 1.165) is 6.61 Å². The van der Waals surface area contributed by atoms with Crippen LogP contribution in [0.2, 0.25) is 0 Å². The van der Waals surface area contributed by atoms with Crippen molar-refractivity contribution in [1.82, 2.24) is 0 Å². The summed E-state index contributed by atoms with van der Waals surface area (Å²) in [4.78, 5) is 0. The fourth-order valence-corrected chi connectivity index (χ4v) is 1.99. The summed E-state index contributed by atoms with van der Waals surface area (Å²) in [5, 5.41) is 0. The van der Waals surface area contributed by atoms with Crippen molar-refractivity contribution in [3.8, 4) is 0 Å². The highest BCUT2D eigenvalue weighted by Gasteiger charge is 2.26. The SMILES string of the molecule is CC1(C)CCC(OC/C=C/CCl)CC1.